The van der Waals surface area contributed by atoms with E-state index in [9.17, 15) is 4.79 Å². The summed E-state index contributed by atoms with van der Waals surface area (Å²) in [6, 6.07) is 7.47. The molecule has 0 unspecified atom stereocenters. The van der Waals surface area contributed by atoms with Crippen LogP contribution in [0.1, 0.15) is 23.2 Å². The van der Waals surface area contributed by atoms with Crippen LogP contribution < -0.4 is 10.6 Å². The zero-order valence-corrected chi connectivity index (χ0v) is 11.0. The molecule has 1 aromatic rings. The van der Waals surface area contributed by atoms with Crippen LogP contribution in [0.2, 0.25) is 0 Å². The summed E-state index contributed by atoms with van der Waals surface area (Å²) in [5.41, 5.74) is 1.81. The number of ether oxygens (including phenoxy) is 1. The molecule has 0 radical (unpaired) electrons. The lowest BCUT2D eigenvalue weighted by Gasteiger charge is -2.17. The fourth-order valence-electron chi connectivity index (χ4n) is 2.18. The number of benzene rings is 1. The van der Waals surface area contributed by atoms with Crippen molar-refractivity contribution in [2.45, 2.75) is 12.8 Å². The lowest BCUT2D eigenvalue weighted by Crippen LogP contribution is -2.27. The largest absolute Gasteiger partial charge is 0.465 e. The summed E-state index contributed by atoms with van der Waals surface area (Å²) < 4.78 is 4.78. The molecule has 0 aromatic heterocycles. The Hall–Kier alpha value is -1.55. The number of rotatable bonds is 6. The number of hydrogen-bond donors (Lipinski definition) is 2. The quantitative estimate of drug-likeness (QED) is 0.755. The summed E-state index contributed by atoms with van der Waals surface area (Å²) >= 11 is 0. The highest BCUT2D eigenvalue weighted by Gasteiger charge is 2.41. The zero-order chi connectivity index (χ0) is 13.0. The van der Waals surface area contributed by atoms with E-state index in [2.05, 4.69) is 10.6 Å². The lowest BCUT2D eigenvalue weighted by atomic mass is 10.1. The van der Waals surface area contributed by atoms with Crippen LogP contribution in [0, 0.1) is 5.41 Å². The monoisotopic (exact) mass is 248 g/mol. The number of anilines is 1. The second-order valence-corrected chi connectivity index (χ2v) is 4.92. The van der Waals surface area contributed by atoms with Gasteiger partial charge in [0.2, 0.25) is 0 Å². The summed E-state index contributed by atoms with van der Waals surface area (Å²) in [6.45, 7) is 1.90. The van der Waals surface area contributed by atoms with Crippen molar-refractivity contribution in [3.05, 3.63) is 29.8 Å². The Labute approximate surface area is 108 Å². The van der Waals surface area contributed by atoms with Crippen LogP contribution >= 0.6 is 0 Å². The summed E-state index contributed by atoms with van der Waals surface area (Å²) in [6.07, 6.45) is 2.47. The molecule has 0 saturated heterocycles. The molecule has 4 heteroatoms. The average molecular weight is 248 g/mol. The van der Waals surface area contributed by atoms with E-state index in [4.69, 9.17) is 4.74 Å². The van der Waals surface area contributed by atoms with Crippen LogP contribution in [0.15, 0.2) is 24.3 Å². The normalized spacial score (nSPS) is 16.1. The molecule has 2 N–H and O–H groups in total. The van der Waals surface area contributed by atoms with E-state index in [1.807, 2.05) is 25.2 Å². The minimum absolute atomic E-state index is 0.295. The Morgan fingerprint density at radius 1 is 1.33 bits per heavy atom. The molecule has 2 rings (SSSR count). The first-order chi connectivity index (χ1) is 8.71. The zero-order valence-electron chi connectivity index (χ0n) is 11.0. The van der Waals surface area contributed by atoms with E-state index in [1.165, 1.54) is 20.0 Å². The van der Waals surface area contributed by atoms with E-state index in [-0.39, 0.29) is 5.97 Å². The van der Waals surface area contributed by atoms with Gasteiger partial charge in [-0.05, 0) is 32.0 Å². The second kappa shape index (κ2) is 5.40. The summed E-state index contributed by atoms with van der Waals surface area (Å²) in [4.78, 5) is 11.6. The van der Waals surface area contributed by atoms with Crippen LogP contribution in [0.4, 0.5) is 5.69 Å². The van der Waals surface area contributed by atoms with Gasteiger partial charge in [0.15, 0.2) is 0 Å². The van der Waals surface area contributed by atoms with Gasteiger partial charge in [-0.3, -0.25) is 0 Å². The molecular formula is C14H20N2O2. The topological polar surface area (TPSA) is 50.4 Å². The van der Waals surface area contributed by atoms with Gasteiger partial charge in [-0.1, -0.05) is 12.1 Å². The first-order valence-corrected chi connectivity index (χ1v) is 6.27. The molecule has 1 aliphatic carbocycles. The van der Waals surface area contributed by atoms with E-state index in [0.717, 1.165) is 18.8 Å². The molecule has 0 heterocycles. The number of esters is 1. The van der Waals surface area contributed by atoms with Crippen molar-refractivity contribution < 1.29 is 9.53 Å². The van der Waals surface area contributed by atoms with Crippen molar-refractivity contribution in [3.8, 4) is 0 Å². The predicted octanol–water partition coefficient (Wildman–Crippen LogP) is 1.88. The molecule has 4 nitrogen and oxygen atoms in total. The summed E-state index contributed by atoms with van der Waals surface area (Å²) in [5, 5.41) is 6.60. The predicted molar refractivity (Wildman–Crippen MR) is 71.9 cm³/mol. The van der Waals surface area contributed by atoms with Crippen LogP contribution in [0.5, 0.6) is 0 Å². The van der Waals surface area contributed by atoms with Crippen molar-refractivity contribution >= 4 is 11.7 Å². The van der Waals surface area contributed by atoms with Crippen molar-refractivity contribution in [2.75, 3.05) is 32.6 Å². The molecule has 0 atom stereocenters. The lowest BCUT2D eigenvalue weighted by molar-refractivity contribution is 0.0602. The molecule has 0 spiro atoms. The van der Waals surface area contributed by atoms with Crippen LogP contribution in [0.25, 0.3) is 0 Å². The van der Waals surface area contributed by atoms with Gasteiger partial charge in [0.05, 0.1) is 12.7 Å². The van der Waals surface area contributed by atoms with Gasteiger partial charge in [0.1, 0.15) is 0 Å². The molecule has 0 aliphatic heterocycles. The van der Waals surface area contributed by atoms with E-state index in [0.29, 0.717) is 11.0 Å². The average Bonchev–Trinajstić information content (AvgIpc) is 3.16. The Morgan fingerprint density at radius 2 is 2.06 bits per heavy atom. The van der Waals surface area contributed by atoms with Gasteiger partial charge < -0.3 is 15.4 Å². The Morgan fingerprint density at radius 3 is 2.67 bits per heavy atom. The number of carbonyl (C=O) groups excluding carboxylic acids is 1. The molecule has 98 valence electrons. The third kappa shape index (κ3) is 2.82. The first kappa shape index (κ1) is 12.9. The fraction of sp³-hybridized carbons (Fsp3) is 0.500. The van der Waals surface area contributed by atoms with Crippen molar-refractivity contribution in [3.63, 3.8) is 0 Å². The van der Waals surface area contributed by atoms with Gasteiger partial charge >= 0.3 is 5.97 Å². The maximum Gasteiger partial charge on any atom is 0.339 e. The first-order valence-electron chi connectivity index (χ1n) is 6.27. The molecule has 18 heavy (non-hydrogen) atoms. The van der Waals surface area contributed by atoms with Crippen molar-refractivity contribution in [1.29, 1.82) is 0 Å². The van der Waals surface area contributed by atoms with Gasteiger partial charge in [0.25, 0.3) is 0 Å². The minimum Gasteiger partial charge on any atom is -0.465 e. The molecular weight excluding hydrogens is 228 g/mol. The maximum absolute atomic E-state index is 11.6. The third-order valence-corrected chi connectivity index (χ3v) is 3.50. The van der Waals surface area contributed by atoms with Crippen LogP contribution in [0.3, 0.4) is 0 Å². The Bertz CT molecular complexity index is 428. The standard InChI is InChI=1S/C14H20N2O2/c1-15-9-14(7-8-14)10-16-12-6-4-3-5-11(12)13(17)18-2/h3-6,15-16H,7-10H2,1-2H3. The number of nitrogens with one attached hydrogen (secondary N) is 2. The molecule has 0 amide bonds. The maximum atomic E-state index is 11.6. The van der Waals surface area contributed by atoms with Crippen LogP contribution in [-0.4, -0.2) is 33.2 Å². The number of hydrogen-bond acceptors (Lipinski definition) is 4. The Kier molecular flexibility index (Phi) is 3.87. The fourth-order valence-corrected chi connectivity index (χ4v) is 2.18. The highest BCUT2D eigenvalue weighted by Crippen LogP contribution is 2.45. The SMILES string of the molecule is CNCC1(CNc2ccccc2C(=O)OC)CC1. The van der Waals surface area contributed by atoms with Crippen LogP contribution in [-0.2, 0) is 4.74 Å². The number of methoxy groups -OCH3 is 1. The van der Waals surface area contributed by atoms with Gasteiger partial charge in [-0.2, -0.15) is 0 Å². The molecule has 1 aromatic carbocycles. The van der Waals surface area contributed by atoms with Gasteiger partial charge in [-0.25, -0.2) is 4.79 Å². The number of carbonyl (C=O) groups is 1. The molecule has 1 fully saturated rings. The molecule has 0 bridgehead atoms. The molecule has 1 aliphatic rings. The number of para-hydroxylation sites is 1. The van der Waals surface area contributed by atoms with Crippen molar-refractivity contribution in [2.24, 2.45) is 5.41 Å². The van der Waals surface area contributed by atoms with E-state index >= 15 is 0 Å². The highest BCUT2D eigenvalue weighted by molar-refractivity contribution is 5.95. The summed E-state index contributed by atoms with van der Waals surface area (Å²) in [7, 11) is 3.38. The highest BCUT2D eigenvalue weighted by atomic mass is 16.5. The second-order valence-electron chi connectivity index (χ2n) is 4.92. The van der Waals surface area contributed by atoms with Gasteiger partial charge in [0, 0.05) is 24.2 Å². The Balaban J connectivity index is 2.03. The summed E-state index contributed by atoms with van der Waals surface area (Å²) in [5.74, 6) is -0.295. The smallest absolute Gasteiger partial charge is 0.339 e. The van der Waals surface area contributed by atoms with Crippen molar-refractivity contribution in [1.82, 2.24) is 5.32 Å². The van der Waals surface area contributed by atoms with E-state index in [1.54, 1.807) is 6.07 Å². The minimum atomic E-state index is -0.295. The third-order valence-electron chi connectivity index (χ3n) is 3.50. The molecule has 1 saturated carbocycles. The van der Waals surface area contributed by atoms with E-state index < -0.39 is 0 Å². The van der Waals surface area contributed by atoms with Gasteiger partial charge in [-0.15, -0.1) is 0 Å².